The summed E-state index contributed by atoms with van der Waals surface area (Å²) in [6.07, 6.45) is 0. The van der Waals surface area contributed by atoms with E-state index in [4.69, 9.17) is 0 Å². The van der Waals surface area contributed by atoms with Crippen molar-refractivity contribution < 1.29 is 23.2 Å². The molecular weight excluding hydrogens is 344 g/mol. The van der Waals surface area contributed by atoms with Crippen LogP contribution in [0.15, 0.2) is 48.5 Å². The van der Waals surface area contributed by atoms with Gasteiger partial charge in [0.05, 0.1) is 0 Å². The normalized spacial score (nSPS) is 14.5. The SMILES string of the molecule is O=C(CN1CCN(c2ccc(F)c(F)c2)C(=O)C1=O)Nc1ccccc1. The number of hydrogen-bond donors (Lipinski definition) is 1. The van der Waals surface area contributed by atoms with Crippen molar-refractivity contribution in [3.8, 4) is 0 Å². The minimum absolute atomic E-state index is 0.0776. The number of carbonyl (C=O) groups excluding carboxylic acids is 3. The fourth-order valence-electron chi connectivity index (χ4n) is 2.62. The lowest BCUT2D eigenvalue weighted by molar-refractivity contribution is -0.147. The van der Waals surface area contributed by atoms with Gasteiger partial charge < -0.3 is 15.1 Å². The van der Waals surface area contributed by atoms with Crippen LogP contribution in [0.4, 0.5) is 20.2 Å². The highest BCUT2D eigenvalue weighted by molar-refractivity contribution is 6.41. The van der Waals surface area contributed by atoms with Crippen LogP contribution < -0.4 is 10.2 Å². The van der Waals surface area contributed by atoms with E-state index in [0.717, 1.165) is 21.9 Å². The molecule has 1 heterocycles. The molecule has 0 bridgehead atoms. The summed E-state index contributed by atoms with van der Waals surface area (Å²) in [5.41, 5.74) is 0.673. The summed E-state index contributed by atoms with van der Waals surface area (Å²) < 4.78 is 26.4. The maximum Gasteiger partial charge on any atom is 0.316 e. The van der Waals surface area contributed by atoms with Gasteiger partial charge >= 0.3 is 11.8 Å². The average Bonchev–Trinajstić information content (AvgIpc) is 2.62. The van der Waals surface area contributed by atoms with Crippen molar-refractivity contribution in [2.75, 3.05) is 29.9 Å². The van der Waals surface area contributed by atoms with Gasteiger partial charge in [-0.3, -0.25) is 14.4 Å². The largest absolute Gasteiger partial charge is 0.325 e. The van der Waals surface area contributed by atoms with E-state index in [2.05, 4.69) is 5.32 Å². The number of amides is 3. The molecule has 0 aliphatic carbocycles. The molecule has 0 unspecified atom stereocenters. The third-order valence-corrected chi connectivity index (χ3v) is 3.92. The maximum atomic E-state index is 13.4. The molecule has 1 fully saturated rings. The van der Waals surface area contributed by atoms with Crippen LogP contribution in [0.2, 0.25) is 0 Å². The molecule has 0 atom stereocenters. The summed E-state index contributed by atoms with van der Waals surface area (Å²) in [4.78, 5) is 38.7. The molecule has 134 valence electrons. The molecule has 1 saturated heterocycles. The van der Waals surface area contributed by atoms with Crippen molar-refractivity contribution in [1.29, 1.82) is 0 Å². The Morgan fingerprint density at radius 3 is 2.38 bits per heavy atom. The molecule has 6 nitrogen and oxygen atoms in total. The highest BCUT2D eigenvalue weighted by Gasteiger charge is 2.34. The lowest BCUT2D eigenvalue weighted by Crippen LogP contribution is -2.56. The van der Waals surface area contributed by atoms with Gasteiger partial charge in [-0.25, -0.2) is 8.78 Å². The van der Waals surface area contributed by atoms with Gasteiger partial charge in [0, 0.05) is 30.5 Å². The van der Waals surface area contributed by atoms with E-state index in [1.54, 1.807) is 30.3 Å². The summed E-state index contributed by atoms with van der Waals surface area (Å²) in [5.74, 6) is -4.34. The Hall–Kier alpha value is -3.29. The number of rotatable bonds is 4. The van der Waals surface area contributed by atoms with E-state index in [1.807, 2.05) is 0 Å². The minimum Gasteiger partial charge on any atom is -0.325 e. The Morgan fingerprint density at radius 1 is 0.962 bits per heavy atom. The first-order chi connectivity index (χ1) is 12.5. The molecular formula is C18H15F2N3O3. The quantitative estimate of drug-likeness (QED) is 0.846. The van der Waals surface area contributed by atoms with Crippen molar-refractivity contribution in [2.45, 2.75) is 0 Å². The van der Waals surface area contributed by atoms with Gasteiger partial charge in [0.15, 0.2) is 11.6 Å². The number of piperazine rings is 1. The van der Waals surface area contributed by atoms with Crippen LogP contribution in [0, 0.1) is 11.6 Å². The number of hydrogen-bond acceptors (Lipinski definition) is 3. The molecule has 1 aliphatic heterocycles. The molecule has 2 aromatic rings. The van der Waals surface area contributed by atoms with Crippen LogP contribution in [0.5, 0.6) is 0 Å². The Morgan fingerprint density at radius 2 is 1.69 bits per heavy atom. The zero-order chi connectivity index (χ0) is 18.7. The summed E-state index contributed by atoms with van der Waals surface area (Å²) in [5, 5.41) is 2.63. The van der Waals surface area contributed by atoms with Crippen molar-refractivity contribution in [3.05, 3.63) is 60.2 Å². The van der Waals surface area contributed by atoms with Crippen molar-refractivity contribution >= 4 is 29.1 Å². The minimum atomic E-state index is -1.10. The summed E-state index contributed by atoms with van der Waals surface area (Å²) in [6, 6.07) is 11.7. The van der Waals surface area contributed by atoms with Gasteiger partial charge in [-0.2, -0.15) is 0 Å². The van der Waals surface area contributed by atoms with Gasteiger partial charge in [-0.05, 0) is 24.3 Å². The average molecular weight is 359 g/mol. The second kappa shape index (κ2) is 7.30. The van der Waals surface area contributed by atoms with Crippen molar-refractivity contribution in [1.82, 2.24) is 4.90 Å². The van der Waals surface area contributed by atoms with Crippen LogP contribution in [-0.4, -0.2) is 42.3 Å². The predicted molar refractivity (Wildman–Crippen MR) is 90.4 cm³/mol. The molecule has 0 radical (unpaired) electrons. The highest BCUT2D eigenvalue weighted by atomic mass is 19.2. The zero-order valence-electron chi connectivity index (χ0n) is 13.6. The molecule has 26 heavy (non-hydrogen) atoms. The molecule has 3 rings (SSSR count). The Bertz CT molecular complexity index is 858. The van der Waals surface area contributed by atoms with Gasteiger partial charge in [-0.1, -0.05) is 18.2 Å². The molecule has 0 saturated carbocycles. The number of para-hydroxylation sites is 1. The lowest BCUT2D eigenvalue weighted by Gasteiger charge is -2.33. The van der Waals surface area contributed by atoms with E-state index in [1.165, 1.54) is 6.07 Å². The highest BCUT2D eigenvalue weighted by Crippen LogP contribution is 2.20. The van der Waals surface area contributed by atoms with E-state index in [0.29, 0.717) is 5.69 Å². The smallest absolute Gasteiger partial charge is 0.316 e. The van der Waals surface area contributed by atoms with Crippen LogP contribution in [0.1, 0.15) is 0 Å². The number of halogens is 2. The standard InChI is InChI=1S/C18H15F2N3O3/c19-14-7-6-13(10-15(14)20)23-9-8-22(17(25)18(23)26)11-16(24)21-12-4-2-1-3-5-12/h1-7,10H,8-9,11H2,(H,21,24). The monoisotopic (exact) mass is 359 g/mol. The lowest BCUT2D eigenvalue weighted by atomic mass is 10.2. The molecule has 8 heteroatoms. The predicted octanol–water partition coefficient (Wildman–Crippen LogP) is 1.78. The van der Waals surface area contributed by atoms with E-state index >= 15 is 0 Å². The fourth-order valence-corrected chi connectivity index (χ4v) is 2.62. The molecule has 1 N–H and O–H groups in total. The molecule has 3 amide bonds. The molecule has 1 aliphatic rings. The third-order valence-electron chi connectivity index (χ3n) is 3.92. The number of anilines is 2. The molecule has 0 spiro atoms. The Balaban J connectivity index is 1.65. The van der Waals surface area contributed by atoms with E-state index < -0.39 is 29.4 Å². The second-order valence-corrected chi connectivity index (χ2v) is 5.70. The number of benzene rings is 2. The van der Waals surface area contributed by atoms with E-state index in [-0.39, 0.29) is 25.3 Å². The number of nitrogens with zero attached hydrogens (tertiary/aromatic N) is 2. The molecule has 0 aromatic heterocycles. The van der Waals surface area contributed by atoms with Crippen molar-refractivity contribution in [3.63, 3.8) is 0 Å². The Kier molecular flexibility index (Phi) is 4.92. The first-order valence-corrected chi connectivity index (χ1v) is 7.86. The summed E-state index contributed by atoms with van der Waals surface area (Å²) in [6.45, 7) is -0.0921. The van der Waals surface area contributed by atoms with Crippen molar-refractivity contribution in [2.24, 2.45) is 0 Å². The third kappa shape index (κ3) is 3.69. The summed E-state index contributed by atoms with van der Waals surface area (Å²) >= 11 is 0. The van der Waals surface area contributed by atoms with Crippen LogP contribution in [0.25, 0.3) is 0 Å². The number of nitrogens with one attached hydrogen (secondary N) is 1. The maximum absolute atomic E-state index is 13.4. The first kappa shape index (κ1) is 17.5. The fraction of sp³-hybridized carbons (Fsp3) is 0.167. The van der Waals surface area contributed by atoms with Crippen LogP contribution in [0.3, 0.4) is 0 Å². The number of carbonyl (C=O) groups is 3. The summed E-state index contributed by atoms with van der Waals surface area (Å²) in [7, 11) is 0. The van der Waals surface area contributed by atoms with E-state index in [9.17, 15) is 23.2 Å². The van der Waals surface area contributed by atoms with Gasteiger partial charge in [0.25, 0.3) is 0 Å². The second-order valence-electron chi connectivity index (χ2n) is 5.70. The van der Waals surface area contributed by atoms with Gasteiger partial charge in [0.2, 0.25) is 5.91 Å². The van der Waals surface area contributed by atoms with Crippen LogP contribution >= 0.6 is 0 Å². The Labute approximate surface area is 148 Å². The topological polar surface area (TPSA) is 69.7 Å². The van der Waals surface area contributed by atoms with Gasteiger partial charge in [-0.15, -0.1) is 0 Å². The first-order valence-electron chi connectivity index (χ1n) is 7.86. The van der Waals surface area contributed by atoms with Gasteiger partial charge in [0.1, 0.15) is 6.54 Å². The zero-order valence-corrected chi connectivity index (χ0v) is 13.6. The molecule has 2 aromatic carbocycles. The van der Waals surface area contributed by atoms with Crippen LogP contribution in [-0.2, 0) is 14.4 Å².